The highest BCUT2D eigenvalue weighted by atomic mass is 35.5. The third-order valence-corrected chi connectivity index (χ3v) is 8.30. The number of carbonyl (C=O) groups excluding carboxylic acids is 2. The highest BCUT2D eigenvalue weighted by molar-refractivity contribution is 6.35. The summed E-state index contributed by atoms with van der Waals surface area (Å²) in [4.78, 5) is 32.9. The molecule has 2 aromatic carbocycles. The Labute approximate surface area is 243 Å². The summed E-state index contributed by atoms with van der Waals surface area (Å²) in [5, 5.41) is 14.3. The molecule has 13 heteroatoms. The van der Waals surface area contributed by atoms with Gasteiger partial charge in [-0.3, -0.25) is 9.59 Å². The molecule has 0 spiro atoms. The van der Waals surface area contributed by atoms with Crippen LogP contribution in [0.2, 0.25) is 5.02 Å². The number of hydrogen-bond acceptors (Lipinski definition) is 8. The van der Waals surface area contributed by atoms with Crippen molar-refractivity contribution in [2.24, 2.45) is 0 Å². The second kappa shape index (κ2) is 12.0. The Kier molecular flexibility index (Phi) is 8.43. The number of carbonyl (C=O) groups is 2. The van der Waals surface area contributed by atoms with Crippen LogP contribution in [0.3, 0.4) is 0 Å². The van der Waals surface area contributed by atoms with Crippen molar-refractivity contribution in [1.82, 2.24) is 30.1 Å². The third kappa shape index (κ3) is 6.29. The van der Waals surface area contributed by atoms with Crippen LogP contribution in [-0.4, -0.2) is 96.0 Å². The number of nitrogens with zero attached hydrogens (tertiary/aromatic N) is 6. The Hall–Kier alpha value is -3.74. The van der Waals surface area contributed by atoms with Crippen LogP contribution in [0, 0.1) is 12.7 Å². The summed E-state index contributed by atoms with van der Waals surface area (Å²) >= 11 is 6.34. The van der Waals surface area contributed by atoms with Crippen molar-refractivity contribution in [2.45, 2.75) is 25.8 Å². The van der Waals surface area contributed by atoms with E-state index < -0.39 is 11.7 Å². The minimum absolute atomic E-state index is 0.00282. The normalized spacial score (nSPS) is 17.0. The van der Waals surface area contributed by atoms with Gasteiger partial charge in [-0.2, -0.15) is 0 Å². The van der Waals surface area contributed by atoms with Crippen molar-refractivity contribution in [1.29, 1.82) is 0 Å². The number of nitrogens with one attached hydrogen (secondary N) is 2. The zero-order valence-corrected chi connectivity index (χ0v) is 24.2. The molecule has 2 fully saturated rings. The van der Waals surface area contributed by atoms with Crippen LogP contribution in [0.15, 0.2) is 30.5 Å². The topological polar surface area (TPSA) is 125 Å². The summed E-state index contributed by atoms with van der Waals surface area (Å²) in [5.41, 5.74) is 7.97. The van der Waals surface area contributed by atoms with Crippen molar-refractivity contribution >= 4 is 40.5 Å². The Bertz CT molecular complexity index is 1450. The summed E-state index contributed by atoms with van der Waals surface area (Å²) in [6.45, 7) is 6.62. The fourth-order valence-electron chi connectivity index (χ4n) is 5.15. The minimum Gasteiger partial charge on any atom is -0.396 e. The zero-order chi connectivity index (χ0) is 29.3. The van der Waals surface area contributed by atoms with Gasteiger partial charge in [-0.05, 0) is 71.2 Å². The quantitative estimate of drug-likeness (QED) is 0.379. The van der Waals surface area contributed by atoms with E-state index in [2.05, 4.69) is 49.7 Å². The van der Waals surface area contributed by atoms with Gasteiger partial charge in [-0.1, -0.05) is 16.8 Å². The van der Waals surface area contributed by atoms with Crippen molar-refractivity contribution in [3.05, 3.63) is 58.1 Å². The number of hydrogen-bond donors (Lipinski definition) is 3. The molecule has 0 aliphatic carbocycles. The maximum Gasteiger partial charge on any atom is 0.273 e. The van der Waals surface area contributed by atoms with Crippen LogP contribution in [0.4, 0.5) is 21.5 Å². The smallest absolute Gasteiger partial charge is 0.273 e. The Morgan fingerprint density at radius 2 is 1.71 bits per heavy atom. The number of likely N-dealkylation sites (N-methyl/N-ethyl adjacent to an activating group) is 1. The summed E-state index contributed by atoms with van der Waals surface area (Å²) in [7, 11) is 4.14. The highest BCUT2D eigenvalue weighted by Crippen LogP contribution is 2.32. The number of rotatable bonds is 6. The molecule has 218 valence electrons. The fourth-order valence-corrected chi connectivity index (χ4v) is 5.37. The summed E-state index contributed by atoms with van der Waals surface area (Å²) in [6, 6.07) is 6.88. The Morgan fingerprint density at radius 3 is 2.41 bits per heavy atom. The van der Waals surface area contributed by atoms with Crippen LogP contribution in [0.25, 0.3) is 5.69 Å². The maximum atomic E-state index is 14.2. The number of nitrogens with two attached hydrogens (primary N) is 1. The number of likely N-dealkylation sites (tertiary alicyclic amines) is 1. The largest absolute Gasteiger partial charge is 0.396 e. The molecule has 3 heterocycles. The van der Waals surface area contributed by atoms with Gasteiger partial charge in [0.05, 0.1) is 39.5 Å². The minimum atomic E-state index is -0.645. The standard InChI is InChI=1S/C28H35ClFN9O2/c1-17-25(29)20(15-21(31)26(17)30)27(40)33-22-14-19(4-5-24(22)38-12-10-37(3)11-13-38)39-16-23(34-35-39)28(41)32-18-6-8-36(2)9-7-18/h4-5,14-16,18H,6-13,31H2,1-3H3,(H,32,41)(H,33,40). The lowest BCUT2D eigenvalue weighted by molar-refractivity contribution is 0.0911. The number of amides is 2. The molecule has 5 rings (SSSR count). The number of aromatic nitrogens is 3. The molecule has 3 aromatic rings. The van der Waals surface area contributed by atoms with Crippen LogP contribution >= 0.6 is 11.6 Å². The first-order chi connectivity index (χ1) is 19.6. The van der Waals surface area contributed by atoms with E-state index in [1.165, 1.54) is 17.7 Å². The van der Waals surface area contributed by atoms with Gasteiger partial charge in [-0.15, -0.1) is 5.10 Å². The van der Waals surface area contributed by atoms with Gasteiger partial charge in [0.2, 0.25) is 0 Å². The van der Waals surface area contributed by atoms with Gasteiger partial charge in [0.15, 0.2) is 11.5 Å². The molecule has 2 saturated heterocycles. The van der Waals surface area contributed by atoms with Crippen LogP contribution in [0.1, 0.15) is 39.3 Å². The number of piperazine rings is 1. The number of anilines is 3. The van der Waals surface area contributed by atoms with Crippen molar-refractivity contribution in [3.63, 3.8) is 0 Å². The molecule has 11 nitrogen and oxygen atoms in total. The Morgan fingerprint density at radius 1 is 1.02 bits per heavy atom. The molecule has 4 N–H and O–H groups in total. The van der Waals surface area contributed by atoms with Crippen LogP contribution < -0.4 is 21.3 Å². The lowest BCUT2D eigenvalue weighted by Gasteiger charge is -2.35. The molecule has 2 amide bonds. The first-order valence-electron chi connectivity index (χ1n) is 13.7. The molecular weight excluding hydrogens is 549 g/mol. The summed E-state index contributed by atoms with van der Waals surface area (Å²) < 4.78 is 15.7. The number of benzene rings is 2. The molecule has 0 unspecified atom stereocenters. The maximum absolute atomic E-state index is 14.2. The van der Waals surface area contributed by atoms with E-state index in [1.807, 2.05) is 12.1 Å². The van der Waals surface area contributed by atoms with Gasteiger partial charge in [-0.25, -0.2) is 9.07 Å². The SMILES string of the molecule is Cc1c(F)c(N)cc(C(=O)Nc2cc(-n3cc(C(=O)NC4CCN(C)CC4)nn3)ccc2N2CCN(C)CC2)c1Cl. The molecule has 0 bridgehead atoms. The summed E-state index contributed by atoms with van der Waals surface area (Å²) in [6.07, 6.45) is 3.34. The molecule has 2 aliphatic heterocycles. The molecule has 2 aliphatic rings. The third-order valence-electron chi connectivity index (χ3n) is 7.81. The molecule has 0 atom stereocenters. The fraction of sp³-hybridized carbons (Fsp3) is 0.429. The Balaban J connectivity index is 1.42. The van der Waals surface area contributed by atoms with Crippen LogP contribution in [0.5, 0.6) is 0 Å². The summed E-state index contributed by atoms with van der Waals surface area (Å²) in [5.74, 6) is -1.44. The zero-order valence-electron chi connectivity index (χ0n) is 23.5. The average Bonchev–Trinajstić information content (AvgIpc) is 3.46. The van der Waals surface area contributed by atoms with E-state index in [0.717, 1.165) is 57.8 Å². The first kappa shape index (κ1) is 28.8. The second-order valence-corrected chi connectivity index (χ2v) is 11.2. The predicted octanol–water partition coefficient (Wildman–Crippen LogP) is 2.78. The van der Waals surface area contributed by atoms with Crippen molar-refractivity contribution in [2.75, 3.05) is 69.3 Å². The van der Waals surface area contributed by atoms with E-state index in [0.29, 0.717) is 11.4 Å². The molecule has 1 aromatic heterocycles. The van der Waals surface area contributed by atoms with Crippen molar-refractivity contribution < 1.29 is 14.0 Å². The van der Waals surface area contributed by atoms with E-state index in [-0.39, 0.29) is 39.5 Å². The van der Waals surface area contributed by atoms with Gasteiger partial charge >= 0.3 is 0 Å². The van der Waals surface area contributed by atoms with E-state index in [9.17, 15) is 14.0 Å². The molecule has 0 saturated carbocycles. The van der Waals surface area contributed by atoms with Crippen LogP contribution in [-0.2, 0) is 0 Å². The average molecular weight is 584 g/mol. The molecule has 0 radical (unpaired) electrons. The van der Waals surface area contributed by atoms with Gasteiger partial charge < -0.3 is 31.1 Å². The number of nitrogen functional groups attached to an aromatic ring is 1. The second-order valence-electron chi connectivity index (χ2n) is 10.8. The van der Waals surface area contributed by atoms with Gasteiger partial charge in [0.1, 0.15) is 0 Å². The van der Waals surface area contributed by atoms with E-state index in [4.69, 9.17) is 17.3 Å². The van der Waals surface area contributed by atoms with E-state index >= 15 is 0 Å². The molecule has 41 heavy (non-hydrogen) atoms. The first-order valence-corrected chi connectivity index (χ1v) is 14.0. The van der Waals surface area contributed by atoms with Gasteiger partial charge in [0, 0.05) is 37.8 Å². The highest BCUT2D eigenvalue weighted by Gasteiger charge is 2.24. The van der Waals surface area contributed by atoms with E-state index in [1.54, 1.807) is 12.3 Å². The number of halogens is 2. The number of piperidine rings is 1. The predicted molar refractivity (Wildman–Crippen MR) is 158 cm³/mol. The van der Waals surface area contributed by atoms with Gasteiger partial charge in [0.25, 0.3) is 11.8 Å². The van der Waals surface area contributed by atoms with Crippen molar-refractivity contribution in [3.8, 4) is 5.69 Å². The molecular formula is C28H35ClFN9O2. The lowest BCUT2D eigenvalue weighted by atomic mass is 10.1. The lowest BCUT2D eigenvalue weighted by Crippen LogP contribution is -2.44. The monoisotopic (exact) mass is 583 g/mol.